The highest BCUT2D eigenvalue weighted by atomic mass is 15.2. The lowest BCUT2D eigenvalue weighted by Crippen LogP contribution is -2.31. The van der Waals surface area contributed by atoms with Gasteiger partial charge >= 0.3 is 0 Å². The topological polar surface area (TPSA) is 8.81 Å². The summed E-state index contributed by atoms with van der Waals surface area (Å²) in [5.41, 5.74) is 2.90. The Balaban J connectivity index is 1.17. The second-order valence-electron chi connectivity index (χ2n) is 9.62. The highest BCUT2D eigenvalue weighted by molar-refractivity contribution is 5.72. The van der Waals surface area contributed by atoms with Crippen molar-refractivity contribution in [1.29, 1.82) is 0 Å². The van der Waals surface area contributed by atoms with Gasteiger partial charge in [-0.05, 0) is 31.4 Å². The molecule has 0 radical (unpaired) electrons. The Morgan fingerprint density at radius 1 is 0.700 bits per heavy atom. The van der Waals surface area contributed by atoms with Crippen LogP contribution in [0.25, 0.3) is 11.0 Å². The molecular weight excluding hydrogens is 364 g/mol. The molecule has 0 amide bonds. The molecule has 0 saturated carbocycles. The molecule has 3 rings (SSSR count). The van der Waals surface area contributed by atoms with Gasteiger partial charge in [0, 0.05) is 0 Å². The Morgan fingerprint density at radius 3 is 1.83 bits per heavy atom. The zero-order valence-corrected chi connectivity index (χ0v) is 19.8. The van der Waals surface area contributed by atoms with Crippen molar-refractivity contribution in [3.63, 3.8) is 0 Å². The highest BCUT2D eigenvalue weighted by Crippen LogP contribution is 2.21. The molecule has 0 saturated heterocycles. The summed E-state index contributed by atoms with van der Waals surface area (Å²) in [4.78, 5) is 0. The largest absolute Gasteiger partial charge is 0.257 e. The first-order valence-electron chi connectivity index (χ1n) is 13.4. The van der Waals surface area contributed by atoms with Gasteiger partial charge in [0.1, 0.15) is 0 Å². The van der Waals surface area contributed by atoms with E-state index in [1.165, 1.54) is 140 Å². The van der Waals surface area contributed by atoms with Crippen molar-refractivity contribution in [3.05, 3.63) is 30.1 Å². The van der Waals surface area contributed by atoms with Gasteiger partial charge in [-0.2, -0.15) is 0 Å². The van der Waals surface area contributed by atoms with Crippen LogP contribution >= 0.6 is 0 Å². The van der Waals surface area contributed by atoms with Crippen LogP contribution in [0.4, 0.5) is 0 Å². The van der Waals surface area contributed by atoms with Crippen LogP contribution < -0.4 is 4.57 Å². The molecule has 168 valence electrons. The Bertz CT molecular complexity index is 715. The number of benzene rings is 1. The van der Waals surface area contributed by atoms with Crippen molar-refractivity contribution in [2.45, 2.75) is 136 Å². The van der Waals surface area contributed by atoms with Gasteiger partial charge in [0.05, 0.1) is 19.5 Å². The Labute approximate surface area is 186 Å². The minimum absolute atomic E-state index is 1.21. The second-order valence-corrected chi connectivity index (χ2v) is 9.62. The number of hydrogen-bond donors (Lipinski definition) is 0. The van der Waals surface area contributed by atoms with Crippen LogP contribution in [-0.4, -0.2) is 4.57 Å². The molecular formula is C28H47N2+. The average molecular weight is 412 g/mol. The summed E-state index contributed by atoms with van der Waals surface area (Å²) in [6, 6.07) is 9.00. The van der Waals surface area contributed by atoms with E-state index in [-0.39, 0.29) is 0 Å². The minimum atomic E-state index is 1.21. The lowest BCUT2D eigenvalue weighted by Gasteiger charge is -2.04. The van der Waals surface area contributed by atoms with Gasteiger partial charge in [0.25, 0.3) is 5.82 Å². The van der Waals surface area contributed by atoms with E-state index >= 15 is 0 Å². The fraction of sp³-hybridized carbons (Fsp3) is 0.750. The predicted octanol–water partition coefficient (Wildman–Crippen LogP) is 8.14. The highest BCUT2D eigenvalue weighted by Gasteiger charge is 2.28. The molecule has 1 aromatic carbocycles. The molecule has 0 spiro atoms. The van der Waals surface area contributed by atoms with E-state index in [0.29, 0.717) is 0 Å². The van der Waals surface area contributed by atoms with Crippen molar-refractivity contribution in [3.8, 4) is 0 Å². The predicted molar refractivity (Wildman–Crippen MR) is 130 cm³/mol. The van der Waals surface area contributed by atoms with Gasteiger partial charge in [-0.3, -0.25) is 0 Å². The molecule has 0 unspecified atom stereocenters. The number of aryl methyl sites for hydroxylation is 2. The van der Waals surface area contributed by atoms with E-state index in [0.717, 1.165) is 0 Å². The van der Waals surface area contributed by atoms with Crippen molar-refractivity contribution in [2.24, 2.45) is 0 Å². The third kappa shape index (κ3) is 7.13. The average Bonchev–Trinajstić information content (AvgIpc) is 3.35. The Hall–Kier alpha value is -1.31. The SMILES string of the molecule is CCCCCCCCCCCCCCCCCCn1c2[n+](c3ccccc31)CCC2. The van der Waals surface area contributed by atoms with Gasteiger partial charge in [0.2, 0.25) is 0 Å². The van der Waals surface area contributed by atoms with Gasteiger partial charge in [-0.1, -0.05) is 109 Å². The molecule has 0 aliphatic carbocycles. The lowest BCUT2D eigenvalue weighted by atomic mass is 10.0. The number of para-hydroxylation sites is 2. The first-order chi connectivity index (χ1) is 14.9. The number of aromatic nitrogens is 2. The van der Waals surface area contributed by atoms with Crippen LogP contribution in [0.1, 0.15) is 122 Å². The fourth-order valence-electron chi connectivity index (χ4n) is 5.33. The van der Waals surface area contributed by atoms with Gasteiger partial charge in [0.15, 0.2) is 11.0 Å². The van der Waals surface area contributed by atoms with Gasteiger partial charge in [-0.15, -0.1) is 0 Å². The van der Waals surface area contributed by atoms with E-state index in [2.05, 4.69) is 40.3 Å². The van der Waals surface area contributed by atoms with Crippen molar-refractivity contribution in [1.82, 2.24) is 4.57 Å². The van der Waals surface area contributed by atoms with E-state index in [4.69, 9.17) is 0 Å². The summed E-state index contributed by atoms with van der Waals surface area (Å²) in [6.45, 7) is 4.72. The quantitative estimate of drug-likeness (QED) is 0.183. The smallest absolute Gasteiger partial charge is 0.227 e. The van der Waals surface area contributed by atoms with Crippen LogP contribution in [0.5, 0.6) is 0 Å². The summed E-state index contributed by atoms with van der Waals surface area (Å²) in [5.74, 6) is 1.57. The molecule has 0 N–H and O–H groups in total. The molecule has 2 heterocycles. The zero-order valence-electron chi connectivity index (χ0n) is 19.8. The first kappa shape index (κ1) is 23.4. The van der Waals surface area contributed by atoms with Crippen molar-refractivity contribution in [2.75, 3.05) is 0 Å². The third-order valence-electron chi connectivity index (χ3n) is 7.10. The van der Waals surface area contributed by atoms with E-state index in [1.807, 2.05) is 0 Å². The van der Waals surface area contributed by atoms with Crippen molar-refractivity contribution >= 4 is 11.0 Å². The number of unbranched alkanes of at least 4 members (excludes halogenated alkanes) is 15. The maximum atomic E-state index is 2.62. The van der Waals surface area contributed by atoms with Crippen LogP contribution in [-0.2, 0) is 19.5 Å². The molecule has 2 heteroatoms. The molecule has 0 fully saturated rings. The molecule has 30 heavy (non-hydrogen) atoms. The third-order valence-corrected chi connectivity index (χ3v) is 7.10. The molecule has 0 bridgehead atoms. The molecule has 0 atom stereocenters. The minimum Gasteiger partial charge on any atom is -0.227 e. The van der Waals surface area contributed by atoms with Crippen LogP contribution in [0.15, 0.2) is 24.3 Å². The molecule has 2 aromatic rings. The molecule has 2 nitrogen and oxygen atoms in total. The number of rotatable bonds is 17. The number of hydrogen-bond acceptors (Lipinski definition) is 0. The fourth-order valence-corrected chi connectivity index (χ4v) is 5.33. The maximum absolute atomic E-state index is 2.62. The summed E-state index contributed by atoms with van der Waals surface area (Å²) in [6.07, 6.45) is 25.6. The normalized spacial score (nSPS) is 13.4. The number of nitrogens with zero attached hydrogens (tertiary/aromatic N) is 2. The van der Waals surface area contributed by atoms with E-state index < -0.39 is 0 Å². The maximum Gasteiger partial charge on any atom is 0.257 e. The van der Waals surface area contributed by atoms with Crippen molar-refractivity contribution < 1.29 is 4.57 Å². The Kier molecular flexibility index (Phi) is 10.8. The monoisotopic (exact) mass is 411 g/mol. The molecule has 1 aromatic heterocycles. The molecule has 1 aliphatic heterocycles. The number of imidazole rings is 1. The van der Waals surface area contributed by atoms with Crippen LogP contribution in [0.2, 0.25) is 0 Å². The summed E-state index contributed by atoms with van der Waals surface area (Å²) in [7, 11) is 0. The second kappa shape index (κ2) is 13.9. The number of fused-ring (bicyclic) bond motifs is 3. The summed E-state index contributed by atoms with van der Waals surface area (Å²) in [5, 5.41) is 0. The first-order valence-corrected chi connectivity index (χ1v) is 13.4. The summed E-state index contributed by atoms with van der Waals surface area (Å²) < 4.78 is 5.17. The standard InChI is InChI=1S/C28H47N2/c1-2-3-4-5-6-7-8-9-10-11-12-13-14-15-16-19-24-29-26-21-17-18-22-27(26)30-25-20-23-28(29)30/h17-18,21-22H,2-16,19-20,23-25H2,1H3/q+1. The van der Waals surface area contributed by atoms with Crippen LogP contribution in [0, 0.1) is 0 Å². The Morgan fingerprint density at radius 2 is 1.23 bits per heavy atom. The van der Waals surface area contributed by atoms with Gasteiger partial charge < -0.3 is 0 Å². The van der Waals surface area contributed by atoms with E-state index in [1.54, 1.807) is 5.82 Å². The molecule has 1 aliphatic rings. The van der Waals surface area contributed by atoms with Crippen LogP contribution in [0.3, 0.4) is 0 Å². The van der Waals surface area contributed by atoms with Gasteiger partial charge in [-0.25, -0.2) is 9.13 Å². The zero-order chi connectivity index (χ0) is 20.9. The summed E-state index contributed by atoms with van der Waals surface area (Å²) >= 11 is 0. The van der Waals surface area contributed by atoms with E-state index in [9.17, 15) is 0 Å². The lowest BCUT2D eigenvalue weighted by molar-refractivity contribution is -0.665.